The highest BCUT2D eigenvalue weighted by atomic mass is 16.6. The molecular formula is C28H47N3O5. The number of carbonyl (C=O) groups excluding carboxylic acids is 3. The van der Waals surface area contributed by atoms with Crippen LogP contribution in [-0.4, -0.2) is 50.6 Å². The molecule has 0 bridgehead atoms. The van der Waals surface area contributed by atoms with Crippen LogP contribution in [0.5, 0.6) is 5.75 Å². The van der Waals surface area contributed by atoms with Crippen LogP contribution in [0.1, 0.15) is 101 Å². The van der Waals surface area contributed by atoms with Crippen LogP contribution >= 0.6 is 0 Å². The molecule has 0 saturated heterocycles. The minimum atomic E-state index is -1.13. The van der Waals surface area contributed by atoms with Gasteiger partial charge in [-0.05, 0) is 73.8 Å². The van der Waals surface area contributed by atoms with Crippen LogP contribution in [0.25, 0.3) is 0 Å². The Morgan fingerprint density at radius 3 is 2.00 bits per heavy atom. The van der Waals surface area contributed by atoms with E-state index in [1.165, 1.54) is 11.0 Å². The van der Waals surface area contributed by atoms with Crippen LogP contribution in [0.4, 0.5) is 4.79 Å². The molecular weight excluding hydrogens is 458 g/mol. The highest BCUT2D eigenvalue weighted by Gasteiger charge is 2.45. The van der Waals surface area contributed by atoms with Crippen molar-refractivity contribution < 1.29 is 24.2 Å². The Labute approximate surface area is 217 Å². The smallest absolute Gasteiger partial charge is 0.408 e. The number of hydrogen-bond donors (Lipinski definition) is 3. The Bertz CT molecular complexity index is 914. The third kappa shape index (κ3) is 8.71. The topological polar surface area (TPSA) is 108 Å². The van der Waals surface area contributed by atoms with Crippen molar-refractivity contribution in [3.05, 3.63) is 29.8 Å². The molecule has 3 N–H and O–H groups in total. The quantitative estimate of drug-likeness (QED) is 0.422. The summed E-state index contributed by atoms with van der Waals surface area (Å²) < 4.78 is 5.44. The van der Waals surface area contributed by atoms with Gasteiger partial charge in [-0.3, -0.25) is 9.59 Å². The van der Waals surface area contributed by atoms with Gasteiger partial charge in [-0.15, -0.1) is 0 Å². The summed E-state index contributed by atoms with van der Waals surface area (Å²) in [5, 5.41) is 16.5. The Kier molecular flexibility index (Phi) is 10.4. The molecule has 3 amide bonds. The van der Waals surface area contributed by atoms with E-state index in [2.05, 4.69) is 10.6 Å². The number of nitrogens with one attached hydrogen (secondary N) is 2. The predicted octanol–water partition coefficient (Wildman–Crippen LogP) is 5.30. The number of carbonyl (C=O) groups is 3. The molecule has 0 aliphatic rings. The van der Waals surface area contributed by atoms with E-state index in [4.69, 9.17) is 4.74 Å². The molecule has 0 spiro atoms. The molecule has 204 valence electrons. The number of amides is 3. The Hall–Kier alpha value is -2.77. The van der Waals surface area contributed by atoms with Crippen molar-refractivity contribution in [1.29, 1.82) is 0 Å². The van der Waals surface area contributed by atoms with Crippen molar-refractivity contribution in [2.24, 2.45) is 5.92 Å². The third-order valence-electron chi connectivity index (χ3n) is 6.14. The fourth-order valence-electron chi connectivity index (χ4n) is 3.77. The molecule has 0 aromatic heterocycles. The van der Waals surface area contributed by atoms with E-state index in [1.807, 2.05) is 55.4 Å². The van der Waals surface area contributed by atoms with Crippen molar-refractivity contribution in [1.82, 2.24) is 15.5 Å². The van der Waals surface area contributed by atoms with E-state index in [1.54, 1.807) is 39.0 Å². The minimum absolute atomic E-state index is 0.0866. The number of para-hydroxylation sites is 1. The average Bonchev–Trinajstić information content (AvgIpc) is 2.72. The minimum Gasteiger partial charge on any atom is -0.508 e. The molecule has 1 aromatic rings. The lowest BCUT2D eigenvalue weighted by Crippen LogP contribution is -2.61. The van der Waals surface area contributed by atoms with Gasteiger partial charge in [0.1, 0.15) is 23.4 Å². The maximum absolute atomic E-state index is 14.3. The van der Waals surface area contributed by atoms with Gasteiger partial charge in [-0.25, -0.2) is 4.79 Å². The SMILES string of the molecule is CCC(C)C(NC(=O)OC(C)(C)C)C(=O)N(C(C(=O)NC(C)(C)C)c1ccccc1O)C(C)(C)CC. The molecule has 1 rings (SSSR count). The molecule has 0 saturated carbocycles. The summed E-state index contributed by atoms with van der Waals surface area (Å²) in [4.78, 5) is 42.3. The second-order valence-corrected chi connectivity index (χ2v) is 12.1. The fraction of sp³-hybridized carbons (Fsp3) is 0.679. The van der Waals surface area contributed by atoms with Gasteiger partial charge < -0.3 is 25.4 Å². The highest BCUT2D eigenvalue weighted by Crippen LogP contribution is 2.36. The number of hydrogen-bond acceptors (Lipinski definition) is 5. The number of alkyl carbamates (subject to hydrolysis) is 1. The number of nitrogens with zero attached hydrogens (tertiary/aromatic N) is 1. The molecule has 0 heterocycles. The lowest BCUT2D eigenvalue weighted by Gasteiger charge is -2.46. The average molecular weight is 506 g/mol. The maximum Gasteiger partial charge on any atom is 0.408 e. The monoisotopic (exact) mass is 505 g/mol. The summed E-state index contributed by atoms with van der Waals surface area (Å²) in [6, 6.07) is 4.47. The van der Waals surface area contributed by atoms with Gasteiger partial charge >= 0.3 is 6.09 Å². The maximum atomic E-state index is 14.3. The number of phenolic OH excluding ortho intramolecular Hbond substituents is 1. The molecule has 3 unspecified atom stereocenters. The Morgan fingerprint density at radius 2 is 1.56 bits per heavy atom. The van der Waals surface area contributed by atoms with Gasteiger partial charge in [0.2, 0.25) is 11.8 Å². The van der Waals surface area contributed by atoms with Gasteiger partial charge in [0.25, 0.3) is 0 Å². The zero-order valence-electron chi connectivity index (χ0n) is 24.0. The first-order valence-electron chi connectivity index (χ1n) is 12.8. The molecule has 0 fully saturated rings. The summed E-state index contributed by atoms with van der Waals surface area (Å²) in [5.74, 6) is -1.16. The van der Waals surface area contributed by atoms with Crippen molar-refractivity contribution in [2.75, 3.05) is 0 Å². The van der Waals surface area contributed by atoms with E-state index < -0.39 is 46.7 Å². The van der Waals surface area contributed by atoms with E-state index >= 15 is 0 Å². The second kappa shape index (κ2) is 12.0. The summed E-state index contributed by atoms with van der Waals surface area (Å²) in [6.45, 7) is 20.3. The number of ether oxygens (including phenoxy) is 1. The van der Waals surface area contributed by atoms with Gasteiger partial charge in [0, 0.05) is 16.6 Å². The van der Waals surface area contributed by atoms with E-state index in [0.29, 0.717) is 18.4 Å². The second-order valence-electron chi connectivity index (χ2n) is 12.1. The number of rotatable bonds is 9. The van der Waals surface area contributed by atoms with Crippen LogP contribution in [-0.2, 0) is 14.3 Å². The first-order valence-corrected chi connectivity index (χ1v) is 12.8. The molecule has 8 nitrogen and oxygen atoms in total. The third-order valence-corrected chi connectivity index (χ3v) is 6.14. The summed E-state index contributed by atoms with van der Waals surface area (Å²) in [6.07, 6.45) is 0.446. The molecule has 0 aliphatic carbocycles. The van der Waals surface area contributed by atoms with Crippen molar-refractivity contribution in [3.63, 3.8) is 0 Å². The molecule has 0 radical (unpaired) electrons. The zero-order chi connectivity index (χ0) is 28.1. The molecule has 8 heteroatoms. The van der Waals surface area contributed by atoms with E-state index in [9.17, 15) is 19.5 Å². The van der Waals surface area contributed by atoms with E-state index in [0.717, 1.165) is 0 Å². The molecule has 0 aliphatic heterocycles. The van der Waals surface area contributed by atoms with Crippen molar-refractivity contribution >= 4 is 17.9 Å². The van der Waals surface area contributed by atoms with Crippen LogP contribution in [0.3, 0.4) is 0 Å². The number of phenols is 1. The van der Waals surface area contributed by atoms with E-state index in [-0.39, 0.29) is 11.7 Å². The fourth-order valence-corrected chi connectivity index (χ4v) is 3.77. The van der Waals surface area contributed by atoms with Crippen LogP contribution in [0.2, 0.25) is 0 Å². The standard InChI is InChI=1S/C28H47N3O5/c1-12-18(3)21(29-25(35)36-27(7,8)9)24(34)31(28(10,11)13-2)22(23(33)30-26(4,5)6)19-16-14-15-17-20(19)32/h14-18,21-22,32H,12-13H2,1-11H3,(H,29,35)(H,30,33). The molecule has 3 atom stereocenters. The molecule has 1 aromatic carbocycles. The summed E-state index contributed by atoms with van der Waals surface area (Å²) in [7, 11) is 0. The van der Waals surface area contributed by atoms with Gasteiger partial charge in [0.05, 0.1) is 0 Å². The van der Waals surface area contributed by atoms with Crippen LogP contribution in [0.15, 0.2) is 24.3 Å². The predicted molar refractivity (Wildman–Crippen MR) is 143 cm³/mol. The first-order chi connectivity index (χ1) is 16.3. The Balaban J connectivity index is 3.73. The van der Waals surface area contributed by atoms with Crippen molar-refractivity contribution in [3.8, 4) is 5.75 Å². The van der Waals surface area contributed by atoms with Gasteiger partial charge in [-0.1, -0.05) is 45.4 Å². The Morgan fingerprint density at radius 1 is 1.00 bits per heavy atom. The van der Waals surface area contributed by atoms with Gasteiger partial charge in [0.15, 0.2) is 0 Å². The molecule has 36 heavy (non-hydrogen) atoms. The number of aromatic hydroxyl groups is 1. The largest absolute Gasteiger partial charge is 0.508 e. The highest BCUT2D eigenvalue weighted by molar-refractivity contribution is 5.93. The normalized spacial score (nSPS) is 14.9. The van der Waals surface area contributed by atoms with Crippen molar-refractivity contribution in [2.45, 2.75) is 118 Å². The summed E-state index contributed by atoms with van der Waals surface area (Å²) in [5.41, 5.74) is -1.79. The lowest BCUT2D eigenvalue weighted by molar-refractivity contribution is -0.151. The van der Waals surface area contributed by atoms with Crippen LogP contribution in [0, 0.1) is 5.92 Å². The van der Waals surface area contributed by atoms with Gasteiger partial charge in [-0.2, -0.15) is 0 Å². The first kappa shape index (κ1) is 31.3. The summed E-state index contributed by atoms with van der Waals surface area (Å²) >= 11 is 0. The van der Waals surface area contributed by atoms with Crippen LogP contribution < -0.4 is 10.6 Å². The number of benzene rings is 1. The zero-order valence-corrected chi connectivity index (χ0v) is 24.0. The lowest BCUT2D eigenvalue weighted by atomic mass is 9.89.